The summed E-state index contributed by atoms with van der Waals surface area (Å²) in [5, 5.41) is 9.14. The first-order valence-corrected chi connectivity index (χ1v) is 4.52. The Labute approximate surface area is 77.9 Å². The van der Waals surface area contributed by atoms with Gasteiger partial charge in [0, 0.05) is 0 Å². The van der Waals surface area contributed by atoms with E-state index < -0.39 is 17.9 Å². The van der Waals surface area contributed by atoms with Gasteiger partial charge in [-0.15, -0.1) is 0 Å². The van der Waals surface area contributed by atoms with Gasteiger partial charge in [-0.2, -0.15) is 0 Å². The molecule has 0 amide bonds. The van der Waals surface area contributed by atoms with Crippen molar-refractivity contribution in [3.05, 3.63) is 0 Å². The second-order valence-electron chi connectivity index (χ2n) is 2.80. The van der Waals surface area contributed by atoms with Crippen LogP contribution in [0.3, 0.4) is 0 Å². The maximum atomic E-state index is 11.0. The first kappa shape index (κ1) is 12.1. The molecule has 0 saturated heterocycles. The van der Waals surface area contributed by atoms with E-state index in [2.05, 4.69) is 4.74 Å². The van der Waals surface area contributed by atoms with E-state index in [4.69, 9.17) is 5.11 Å². The Kier molecular flexibility index (Phi) is 6.14. The Morgan fingerprint density at radius 2 is 1.92 bits per heavy atom. The number of hydrogen-bond acceptors (Lipinski definition) is 4. The van der Waals surface area contributed by atoms with Crippen molar-refractivity contribution in [3.63, 3.8) is 0 Å². The van der Waals surface area contributed by atoms with Crippen LogP contribution >= 0.6 is 0 Å². The van der Waals surface area contributed by atoms with E-state index in [0.29, 0.717) is 19.3 Å². The van der Waals surface area contributed by atoms with Crippen molar-refractivity contribution in [1.82, 2.24) is 0 Å². The van der Waals surface area contributed by atoms with Gasteiger partial charge in [0.05, 0.1) is 6.61 Å². The highest BCUT2D eigenvalue weighted by Gasteiger charge is 2.23. The van der Waals surface area contributed by atoms with Crippen LogP contribution in [0.4, 0.5) is 0 Å². The number of aliphatic hydroxyl groups is 1. The number of carbonyl (C=O) groups is 2. The Morgan fingerprint density at radius 1 is 1.31 bits per heavy atom. The Balaban J connectivity index is 3.87. The quantitative estimate of drug-likeness (QED) is 0.491. The Hall–Kier alpha value is -0.900. The molecule has 0 fully saturated rings. The van der Waals surface area contributed by atoms with Crippen molar-refractivity contribution in [2.75, 3.05) is 6.61 Å². The Morgan fingerprint density at radius 3 is 2.38 bits per heavy atom. The lowest BCUT2D eigenvalue weighted by molar-refractivity contribution is -0.157. The van der Waals surface area contributed by atoms with Crippen LogP contribution in [0.2, 0.25) is 0 Å². The van der Waals surface area contributed by atoms with Crippen molar-refractivity contribution in [3.8, 4) is 0 Å². The van der Waals surface area contributed by atoms with Gasteiger partial charge in [0.1, 0.15) is 6.10 Å². The van der Waals surface area contributed by atoms with Gasteiger partial charge in [-0.05, 0) is 12.8 Å². The normalized spacial score (nSPS) is 12.2. The summed E-state index contributed by atoms with van der Waals surface area (Å²) in [7, 11) is 0. The number of carbonyl (C=O) groups excluding carboxylic acids is 2. The lowest BCUT2D eigenvalue weighted by Crippen LogP contribution is -2.30. The van der Waals surface area contributed by atoms with Crippen molar-refractivity contribution in [2.45, 2.75) is 39.2 Å². The predicted molar refractivity (Wildman–Crippen MR) is 47.2 cm³/mol. The van der Waals surface area contributed by atoms with Gasteiger partial charge in [-0.3, -0.25) is 4.79 Å². The third kappa shape index (κ3) is 4.62. The maximum absolute atomic E-state index is 11.0. The van der Waals surface area contributed by atoms with Gasteiger partial charge < -0.3 is 9.84 Å². The Bertz CT molecular complexity index is 176. The highest BCUT2D eigenvalue weighted by atomic mass is 16.5. The molecular formula is C9H16O4. The predicted octanol–water partition coefficient (Wildman–Crippen LogP) is 0.670. The first-order valence-electron chi connectivity index (χ1n) is 4.52. The number of ether oxygens (including phenoxy) is 1. The summed E-state index contributed by atoms with van der Waals surface area (Å²) < 4.78 is 4.57. The molecule has 0 aromatic carbocycles. The zero-order valence-electron chi connectivity index (χ0n) is 8.08. The van der Waals surface area contributed by atoms with Crippen LogP contribution in [0.15, 0.2) is 0 Å². The second kappa shape index (κ2) is 6.60. The fourth-order valence-electron chi connectivity index (χ4n) is 0.806. The van der Waals surface area contributed by atoms with Crippen LogP contribution in [0.5, 0.6) is 0 Å². The van der Waals surface area contributed by atoms with Crippen LogP contribution in [0.1, 0.15) is 33.1 Å². The molecule has 0 saturated carbocycles. The summed E-state index contributed by atoms with van der Waals surface area (Å²) in [6, 6.07) is 0. The largest absolute Gasteiger partial charge is 0.460 e. The molecule has 0 aromatic heterocycles. The molecule has 1 N–H and O–H groups in total. The van der Waals surface area contributed by atoms with Crippen molar-refractivity contribution >= 4 is 11.8 Å². The van der Waals surface area contributed by atoms with E-state index in [1.807, 2.05) is 13.8 Å². The number of aliphatic hydroxyl groups excluding tert-OH is 1. The van der Waals surface area contributed by atoms with Gasteiger partial charge in [0.25, 0.3) is 5.78 Å². The SMILES string of the molecule is CCCOC(=O)C(=O)C(O)CCC. The molecule has 1 atom stereocenters. The van der Waals surface area contributed by atoms with Gasteiger partial charge in [0.15, 0.2) is 0 Å². The molecule has 0 radical (unpaired) electrons. The molecule has 0 aromatic rings. The molecule has 0 bridgehead atoms. The van der Waals surface area contributed by atoms with Crippen LogP contribution in [0.25, 0.3) is 0 Å². The highest BCUT2D eigenvalue weighted by Crippen LogP contribution is 1.99. The molecule has 0 aliphatic rings. The van der Waals surface area contributed by atoms with E-state index >= 15 is 0 Å². The smallest absolute Gasteiger partial charge is 0.377 e. The fraction of sp³-hybridized carbons (Fsp3) is 0.778. The lowest BCUT2D eigenvalue weighted by atomic mass is 10.1. The molecule has 13 heavy (non-hydrogen) atoms. The molecule has 1 unspecified atom stereocenters. The van der Waals surface area contributed by atoms with E-state index in [1.54, 1.807) is 0 Å². The number of Topliss-reactive ketones (excluding diaryl/α,β-unsaturated/α-hetero) is 1. The van der Waals surface area contributed by atoms with Crippen molar-refractivity contribution in [1.29, 1.82) is 0 Å². The zero-order valence-corrected chi connectivity index (χ0v) is 8.08. The molecule has 0 rings (SSSR count). The maximum Gasteiger partial charge on any atom is 0.377 e. The summed E-state index contributed by atoms with van der Waals surface area (Å²) in [6.45, 7) is 3.89. The molecular weight excluding hydrogens is 172 g/mol. The molecule has 4 heteroatoms. The van der Waals surface area contributed by atoms with Crippen LogP contribution in [-0.2, 0) is 14.3 Å². The zero-order chi connectivity index (χ0) is 10.3. The average Bonchev–Trinajstić information content (AvgIpc) is 2.13. The highest BCUT2D eigenvalue weighted by molar-refractivity contribution is 6.35. The molecule has 0 heterocycles. The molecule has 0 aliphatic carbocycles. The van der Waals surface area contributed by atoms with Crippen LogP contribution in [0, 0.1) is 0 Å². The van der Waals surface area contributed by atoms with Gasteiger partial charge >= 0.3 is 5.97 Å². The number of esters is 1. The van der Waals surface area contributed by atoms with E-state index in [9.17, 15) is 9.59 Å². The fourth-order valence-corrected chi connectivity index (χ4v) is 0.806. The molecule has 76 valence electrons. The number of ketones is 1. The minimum atomic E-state index is -1.20. The number of rotatable bonds is 6. The van der Waals surface area contributed by atoms with E-state index in [-0.39, 0.29) is 6.61 Å². The summed E-state index contributed by atoms with van der Waals surface area (Å²) >= 11 is 0. The minimum absolute atomic E-state index is 0.226. The summed E-state index contributed by atoms with van der Waals surface area (Å²) in [6.07, 6.45) is 0.436. The van der Waals surface area contributed by atoms with E-state index in [0.717, 1.165) is 0 Å². The number of hydrogen-bond donors (Lipinski definition) is 1. The second-order valence-corrected chi connectivity index (χ2v) is 2.80. The molecule has 0 aliphatic heterocycles. The third-order valence-electron chi connectivity index (χ3n) is 1.50. The topological polar surface area (TPSA) is 63.6 Å². The third-order valence-corrected chi connectivity index (χ3v) is 1.50. The standard InChI is InChI=1S/C9H16O4/c1-3-5-7(10)8(11)9(12)13-6-4-2/h7,10H,3-6H2,1-2H3. The van der Waals surface area contributed by atoms with E-state index in [1.165, 1.54) is 0 Å². The van der Waals surface area contributed by atoms with Crippen LogP contribution in [-0.4, -0.2) is 29.6 Å². The summed E-state index contributed by atoms with van der Waals surface area (Å²) in [5.74, 6) is -1.77. The molecule has 4 nitrogen and oxygen atoms in total. The van der Waals surface area contributed by atoms with Crippen molar-refractivity contribution in [2.24, 2.45) is 0 Å². The van der Waals surface area contributed by atoms with Gasteiger partial charge in [-0.1, -0.05) is 20.3 Å². The monoisotopic (exact) mass is 188 g/mol. The van der Waals surface area contributed by atoms with Crippen molar-refractivity contribution < 1.29 is 19.4 Å². The summed E-state index contributed by atoms with van der Waals surface area (Å²) in [4.78, 5) is 21.9. The average molecular weight is 188 g/mol. The summed E-state index contributed by atoms with van der Waals surface area (Å²) in [5.41, 5.74) is 0. The van der Waals surface area contributed by atoms with Crippen LogP contribution < -0.4 is 0 Å². The lowest BCUT2D eigenvalue weighted by Gasteiger charge is -2.06. The van der Waals surface area contributed by atoms with Gasteiger partial charge in [0.2, 0.25) is 0 Å². The first-order chi connectivity index (χ1) is 6.13. The molecule has 0 spiro atoms. The van der Waals surface area contributed by atoms with Gasteiger partial charge in [-0.25, -0.2) is 4.79 Å². The minimum Gasteiger partial charge on any atom is -0.460 e.